The van der Waals surface area contributed by atoms with E-state index >= 15 is 0 Å². The number of anilines is 3. The van der Waals surface area contributed by atoms with Gasteiger partial charge >= 0.3 is 0 Å². The number of rotatable bonds is 6. The Kier molecular flexibility index (Phi) is 8.00. The van der Waals surface area contributed by atoms with Crippen molar-refractivity contribution >= 4 is 55.5 Å². The Bertz CT molecular complexity index is 2230. The van der Waals surface area contributed by atoms with Gasteiger partial charge in [-0.25, -0.2) is 4.98 Å². The third kappa shape index (κ3) is 6.23. The lowest BCUT2D eigenvalue weighted by Crippen LogP contribution is -2.17. The zero-order chi connectivity index (χ0) is 32.4. The smallest absolute Gasteiger partial charge is 0.132 e. The van der Waals surface area contributed by atoms with Crippen molar-refractivity contribution in [2.45, 2.75) is 26.7 Å². The van der Waals surface area contributed by atoms with E-state index in [2.05, 4.69) is 152 Å². The number of hydrogen-bond acceptors (Lipinski definition) is 5. The number of benzene rings is 5. The maximum atomic E-state index is 9.45. The molecule has 0 saturated carbocycles. The van der Waals surface area contributed by atoms with Gasteiger partial charge in [0.1, 0.15) is 22.7 Å². The molecule has 0 atom stereocenters. The lowest BCUT2D eigenvalue weighted by atomic mass is 9.74. The predicted octanol–water partition coefficient (Wildman–Crippen LogP) is 11.7. The van der Waals surface area contributed by atoms with Crippen molar-refractivity contribution in [2.24, 2.45) is 5.41 Å². The van der Waals surface area contributed by atoms with E-state index in [1.165, 1.54) is 15.5 Å². The molecule has 0 bridgehead atoms. The van der Waals surface area contributed by atoms with Crippen molar-refractivity contribution in [2.75, 3.05) is 4.90 Å². The molecule has 1 aromatic heterocycles. The monoisotopic (exact) mass is 624 g/mol. The fourth-order valence-corrected chi connectivity index (χ4v) is 7.38. The Morgan fingerprint density at radius 3 is 2.19 bits per heavy atom. The first kappa shape index (κ1) is 29.9. The second-order valence-corrected chi connectivity index (χ2v) is 13.7. The molecule has 0 unspecified atom stereocenters. The maximum Gasteiger partial charge on any atom is 0.132 e. The second-order valence-electron chi connectivity index (χ2n) is 12.7. The van der Waals surface area contributed by atoms with Gasteiger partial charge in [-0.1, -0.05) is 92.7 Å². The van der Waals surface area contributed by atoms with Gasteiger partial charge in [0, 0.05) is 22.3 Å². The standard InChI is InChI=1S/C42H32N4S/c1-42(2)25-30(24-33(26-42)34(27-43)28-44)15-14-29-16-20-35(21-17-29)46(39-12-7-9-31-8-3-4-10-37(31)39)36-22-18-32(19-23-36)41-45-38-11-5-6-13-40(38)47-41/h3-24H,25-26H2,1-2H3/b15-14+. The number of thiazole rings is 1. The third-order valence-electron chi connectivity index (χ3n) is 8.57. The summed E-state index contributed by atoms with van der Waals surface area (Å²) >= 11 is 1.71. The topological polar surface area (TPSA) is 63.7 Å². The largest absolute Gasteiger partial charge is 0.310 e. The van der Waals surface area contributed by atoms with Gasteiger partial charge in [0.2, 0.25) is 0 Å². The van der Waals surface area contributed by atoms with E-state index in [-0.39, 0.29) is 11.0 Å². The van der Waals surface area contributed by atoms with Gasteiger partial charge in [0.05, 0.1) is 15.9 Å². The van der Waals surface area contributed by atoms with Gasteiger partial charge in [-0.05, 0) is 94.9 Å². The van der Waals surface area contributed by atoms with Crippen LogP contribution >= 0.6 is 11.3 Å². The highest BCUT2D eigenvalue weighted by molar-refractivity contribution is 7.21. The van der Waals surface area contributed by atoms with E-state index in [9.17, 15) is 10.5 Å². The molecule has 0 radical (unpaired) electrons. The minimum Gasteiger partial charge on any atom is -0.310 e. The molecule has 1 heterocycles. The van der Waals surface area contributed by atoms with Crippen LogP contribution in [0, 0.1) is 28.1 Å². The van der Waals surface area contributed by atoms with Crippen LogP contribution in [0.2, 0.25) is 0 Å². The minimum atomic E-state index is -0.0197. The Labute approximate surface area is 279 Å². The molecular formula is C42H32N4S. The first-order valence-corrected chi connectivity index (χ1v) is 16.5. The number of fused-ring (bicyclic) bond motifs is 2. The van der Waals surface area contributed by atoms with Gasteiger partial charge in [-0.2, -0.15) is 10.5 Å². The SMILES string of the molecule is CC1(C)CC(/C=C/c2ccc(N(c3ccc(-c4nc5ccccc5s4)cc3)c3cccc4ccccc34)cc2)=CC(=C(C#N)C#N)C1. The van der Waals surface area contributed by atoms with Crippen LogP contribution in [0.15, 0.2) is 144 Å². The van der Waals surface area contributed by atoms with Crippen LogP contribution in [0.5, 0.6) is 0 Å². The predicted molar refractivity (Wildman–Crippen MR) is 196 cm³/mol. The fraction of sp³-hybridized carbons (Fsp3) is 0.119. The van der Waals surface area contributed by atoms with Gasteiger partial charge in [-0.15, -0.1) is 11.3 Å². The van der Waals surface area contributed by atoms with Crippen molar-refractivity contribution in [3.05, 3.63) is 150 Å². The molecule has 0 amide bonds. The first-order valence-electron chi connectivity index (χ1n) is 15.7. The van der Waals surface area contributed by atoms with Crippen molar-refractivity contribution in [3.8, 4) is 22.7 Å². The molecule has 0 fully saturated rings. The van der Waals surface area contributed by atoms with E-state index in [0.29, 0.717) is 0 Å². The van der Waals surface area contributed by atoms with Crippen molar-refractivity contribution in [3.63, 3.8) is 0 Å². The molecule has 1 aliphatic carbocycles. The molecule has 6 aromatic rings. The van der Waals surface area contributed by atoms with Crippen molar-refractivity contribution in [1.82, 2.24) is 4.98 Å². The van der Waals surface area contributed by atoms with Crippen LogP contribution in [0.1, 0.15) is 32.3 Å². The highest BCUT2D eigenvalue weighted by atomic mass is 32.1. The highest BCUT2D eigenvalue weighted by Gasteiger charge is 2.26. The summed E-state index contributed by atoms with van der Waals surface area (Å²) in [5.41, 5.74) is 8.56. The molecule has 0 spiro atoms. The van der Waals surface area contributed by atoms with Crippen LogP contribution in [0.3, 0.4) is 0 Å². The van der Waals surface area contributed by atoms with Gasteiger partial charge in [0.15, 0.2) is 0 Å². The van der Waals surface area contributed by atoms with Crippen molar-refractivity contribution in [1.29, 1.82) is 10.5 Å². The Morgan fingerprint density at radius 1 is 0.766 bits per heavy atom. The Morgan fingerprint density at radius 2 is 1.45 bits per heavy atom. The van der Waals surface area contributed by atoms with E-state index < -0.39 is 0 Å². The van der Waals surface area contributed by atoms with E-state index in [4.69, 9.17) is 4.98 Å². The summed E-state index contributed by atoms with van der Waals surface area (Å²) < 4.78 is 1.19. The lowest BCUT2D eigenvalue weighted by Gasteiger charge is -2.30. The maximum absolute atomic E-state index is 9.45. The number of hydrogen-bond donors (Lipinski definition) is 0. The van der Waals surface area contributed by atoms with Crippen LogP contribution in [0.25, 0.3) is 37.6 Å². The number of aromatic nitrogens is 1. The molecule has 226 valence electrons. The zero-order valence-corrected chi connectivity index (χ0v) is 27.1. The summed E-state index contributed by atoms with van der Waals surface area (Å²) in [6.07, 6.45) is 7.85. The summed E-state index contributed by atoms with van der Waals surface area (Å²) in [7, 11) is 0. The summed E-state index contributed by atoms with van der Waals surface area (Å²) in [5.74, 6) is 0. The van der Waals surface area contributed by atoms with Gasteiger partial charge < -0.3 is 4.90 Å². The molecule has 5 heteroatoms. The number of para-hydroxylation sites is 1. The van der Waals surface area contributed by atoms with Crippen LogP contribution in [0.4, 0.5) is 17.1 Å². The molecule has 4 nitrogen and oxygen atoms in total. The molecular weight excluding hydrogens is 593 g/mol. The minimum absolute atomic E-state index is 0.0197. The molecule has 1 aliphatic rings. The Balaban J connectivity index is 1.24. The van der Waals surface area contributed by atoms with Gasteiger partial charge in [0.25, 0.3) is 0 Å². The Hall–Kier alpha value is -5.75. The van der Waals surface area contributed by atoms with Crippen LogP contribution < -0.4 is 4.90 Å². The number of allylic oxidation sites excluding steroid dienone is 5. The molecule has 5 aromatic carbocycles. The summed E-state index contributed by atoms with van der Waals surface area (Å²) in [6, 6.07) is 44.6. The summed E-state index contributed by atoms with van der Waals surface area (Å²) in [5, 5.41) is 22.3. The third-order valence-corrected chi connectivity index (χ3v) is 9.66. The average Bonchev–Trinajstić information content (AvgIpc) is 3.53. The molecule has 7 rings (SSSR count). The van der Waals surface area contributed by atoms with E-state index in [1.54, 1.807) is 11.3 Å². The fourth-order valence-electron chi connectivity index (χ4n) is 6.41. The normalized spacial score (nSPS) is 14.1. The molecule has 0 N–H and O–H groups in total. The summed E-state index contributed by atoms with van der Waals surface area (Å²) in [6.45, 7) is 4.37. The molecule has 0 saturated heterocycles. The zero-order valence-electron chi connectivity index (χ0n) is 26.3. The quantitative estimate of drug-likeness (QED) is 0.173. The second kappa shape index (κ2) is 12.6. The van der Waals surface area contributed by atoms with Gasteiger partial charge in [-0.3, -0.25) is 0 Å². The lowest BCUT2D eigenvalue weighted by molar-refractivity contribution is 0.354. The van der Waals surface area contributed by atoms with E-state index in [1.807, 2.05) is 12.1 Å². The molecule has 47 heavy (non-hydrogen) atoms. The first-order chi connectivity index (χ1) is 22.9. The van der Waals surface area contributed by atoms with Crippen molar-refractivity contribution < 1.29 is 0 Å². The van der Waals surface area contributed by atoms with E-state index in [0.717, 1.165) is 62.7 Å². The highest BCUT2D eigenvalue weighted by Crippen LogP contribution is 2.41. The number of nitriles is 2. The van der Waals surface area contributed by atoms with Crippen LogP contribution in [-0.4, -0.2) is 4.98 Å². The number of nitrogens with zero attached hydrogens (tertiary/aromatic N) is 4. The summed E-state index contributed by atoms with van der Waals surface area (Å²) in [4.78, 5) is 7.18. The average molecular weight is 625 g/mol. The molecule has 0 aliphatic heterocycles. The van der Waals surface area contributed by atoms with Crippen LogP contribution in [-0.2, 0) is 0 Å².